The van der Waals surface area contributed by atoms with Gasteiger partial charge in [-0.15, -0.1) is 11.6 Å². The molecule has 0 bridgehead atoms. The van der Waals surface area contributed by atoms with Gasteiger partial charge >= 0.3 is 0 Å². The van der Waals surface area contributed by atoms with E-state index in [0.29, 0.717) is 0 Å². The Morgan fingerprint density at radius 2 is 1.93 bits per heavy atom. The molecule has 0 aromatic carbocycles. The van der Waals surface area contributed by atoms with Gasteiger partial charge in [0.2, 0.25) is 5.91 Å². The summed E-state index contributed by atoms with van der Waals surface area (Å²) < 4.78 is 22.4. The lowest BCUT2D eigenvalue weighted by molar-refractivity contribution is -0.122. The molecule has 1 saturated heterocycles. The number of hydrogen-bond donors (Lipinski definition) is 1. The van der Waals surface area contributed by atoms with Gasteiger partial charge in [0.15, 0.2) is 9.84 Å². The van der Waals surface area contributed by atoms with Crippen LogP contribution in [0.5, 0.6) is 0 Å². The number of alkyl halides is 1. The van der Waals surface area contributed by atoms with Crippen LogP contribution in [0, 0.1) is 5.92 Å². The molecule has 0 radical (unpaired) electrons. The minimum Gasteiger partial charge on any atom is -0.351 e. The van der Waals surface area contributed by atoms with Crippen LogP contribution in [0.2, 0.25) is 0 Å². The maximum Gasteiger partial charge on any atom is 0.223 e. The maximum atomic E-state index is 11.4. The van der Waals surface area contributed by atoms with Gasteiger partial charge in [-0.2, -0.15) is 0 Å². The highest BCUT2D eigenvalue weighted by Gasteiger charge is 2.39. The Bertz CT molecular complexity index is 350. The largest absolute Gasteiger partial charge is 0.351 e. The fraction of sp³-hybridized carbons (Fsp3) is 0.875. The number of nitrogens with one attached hydrogen (secondary N) is 1. The monoisotopic (exact) mass is 237 g/mol. The molecule has 80 valence electrons. The van der Waals surface area contributed by atoms with E-state index in [2.05, 4.69) is 5.32 Å². The van der Waals surface area contributed by atoms with Crippen LogP contribution >= 0.6 is 11.6 Å². The second-order valence-corrected chi connectivity index (χ2v) is 6.70. The highest BCUT2D eigenvalue weighted by atomic mass is 35.5. The Kier molecular flexibility index (Phi) is 2.47. The predicted octanol–water partition coefficient (Wildman–Crippen LogP) is -0.0830. The van der Waals surface area contributed by atoms with Crippen molar-refractivity contribution in [3.8, 4) is 0 Å². The number of rotatable bonds is 2. The van der Waals surface area contributed by atoms with E-state index in [4.69, 9.17) is 11.6 Å². The Morgan fingerprint density at radius 3 is 2.36 bits per heavy atom. The van der Waals surface area contributed by atoms with Crippen LogP contribution in [0.15, 0.2) is 0 Å². The summed E-state index contributed by atoms with van der Waals surface area (Å²) in [5.74, 6) is 0.0176. The fourth-order valence-corrected chi connectivity index (χ4v) is 4.13. The fourth-order valence-electron chi connectivity index (χ4n) is 1.58. The molecule has 0 spiro atoms. The minimum absolute atomic E-state index is 0.0143. The van der Waals surface area contributed by atoms with Crippen molar-refractivity contribution in [2.45, 2.75) is 24.3 Å². The topological polar surface area (TPSA) is 63.2 Å². The summed E-state index contributed by atoms with van der Waals surface area (Å²) >= 11 is 5.84. The first kappa shape index (κ1) is 10.2. The SMILES string of the molecule is O=C(N[C@H]1CS(=O)(=O)C[C@@H]1Cl)C1CC1. The zero-order chi connectivity index (χ0) is 10.3. The van der Waals surface area contributed by atoms with Crippen LogP contribution in [-0.4, -0.2) is 37.2 Å². The first-order valence-electron chi connectivity index (χ1n) is 4.63. The van der Waals surface area contributed by atoms with E-state index in [1.807, 2.05) is 0 Å². The molecule has 0 aromatic heterocycles. The summed E-state index contributed by atoms with van der Waals surface area (Å²) in [6.07, 6.45) is 1.83. The Morgan fingerprint density at radius 1 is 1.29 bits per heavy atom. The van der Waals surface area contributed by atoms with Gasteiger partial charge in [-0.3, -0.25) is 4.79 Å². The summed E-state index contributed by atoms with van der Waals surface area (Å²) in [5.41, 5.74) is 0. The number of hydrogen-bond acceptors (Lipinski definition) is 3. The average Bonchev–Trinajstić information content (AvgIpc) is 2.79. The summed E-state index contributed by atoms with van der Waals surface area (Å²) in [6, 6.07) is -0.394. The molecule has 1 saturated carbocycles. The van der Waals surface area contributed by atoms with E-state index in [-0.39, 0.29) is 23.3 Å². The number of halogens is 1. The Hall–Kier alpha value is -0.290. The molecule has 1 amide bonds. The molecule has 2 fully saturated rings. The summed E-state index contributed by atoms with van der Waals surface area (Å²) in [6.45, 7) is 0. The van der Waals surface area contributed by atoms with Gasteiger partial charge < -0.3 is 5.32 Å². The maximum absolute atomic E-state index is 11.4. The molecule has 1 N–H and O–H groups in total. The molecule has 6 heteroatoms. The summed E-state index contributed by atoms with van der Waals surface area (Å²) in [5, 5.41) is 2.23. The number of amides is 1. The van der Waals surface area contributed by atoms with Crippen LogP contribution in [0.3, 0.4) is 0 Å². The molecule has 0 aromatic rings. The smallest absolute Gasteiger partial charge is 0.223 e. The van der Waals surface area contributed by atoms with Crippen LogP contribution in [0.25, 0.3) is 0 Å². The van der Waals surface area contributed by atoms with Crippen molar-refractivity contribution in [1.82, 2.24) is 5.32 Å². The first-order chi connectivity index (χ1) is 6.48. The molecule has 1 aliphatic heterocycles. The minimum atomic E-state index is -3.04. The molecule has 4 nitrogen and oxygen atoms in total. The molecule has 1 heterocycles. The van der Waals surface area contributed by atoms with Crippen molar-refractivity contribution in [3.05, 3.63) is 0 Å². The van der Waals surface area contributed by atoms with Gasteiger partial charge in [-0.05, 0) is 12.8 Å². The molecule has 0 unspecified atom stereocenters. The quantitative estimate of drug-likeness (QED) is 0.684. The van der Waals surface area contributed by atoms with Gasteiger partial charge in [0.1, 0.15) is 0 Å². The molecular formula is C8H12ClNO3S. The normalized spacial score (nSPS) is 35.5. The third-order valence-corrected chi connectivity index (χ3v) is 4.93. The van der Waals surface area contributed by atoms with E-state index in [0.717, 1.165) is 12.8 Å². The number of sulfone groups is 1. The summed E-state index contributed by atoms with van der Waals surface area (Å²) in [4.78, 5) is 11.4. The van der Waals surface area contributed by atoms with E-state index < -0.39 is 21.3 Å². The molecule has 2 atom stereocenters. The second-order valence-electron chi connectivity index (χ2n) is 3.98. The molecule has 2 rings (SSSR count). The highest BCUT2D eigenvalue weighted by Crippen LogP contribution is 2.29. The first-order valence-corrected chi connectivity index (χ1v) is 6.88. The average molecular weight is 238 g/mol. The zero-order valence-corrected chi connectivity index (χ0v) is 9.14. The third kappa shape index (κ3) is 2.20. The lowest BCUT2D eigenvalue weighted by Crippen LogP contribution is -2.41. The Labute approximate surface area is 87.9 Å². The van der Waals surface area contributed by atoms with Crippen molar-refractivity contribution in [1.29, 1.82) is 0 Å². The molecular weight excluding hydrogens is 226 g/mol. The van der Waals surface area contributed by atoms with Gasteiger partial charge in [-0.1, -0.05) is 0 Å². The molecule has 14 heavy (non-hydrogen) atoms. The van der Waals surface area contributed by atoms with Gasteiger partial charge in [0.25, 0.3) is 0 Å². The third-order valence-electron chi connectivity index (χ3n) is 2.56. The van der Waals surface area contributed by atoms with E-state index >= 15 is 0 Å². The lowest BCUT2D eigenvalue weighted by atomic mass is 10.2. The van der Waals surface area contributed by atoms with Gasteiger partial charge in [0.05, 0.1) is 22.9 Å². The second kappa shape index (κ2) is 3.38. The van der Waals surface area contributed by atoms with Crippen LogP contribution in [-0.2, 0) is 14.6 Å². The van der Waals surface area contributed by atoms with Gasteiger partial charge in [-0.25, -0.2) is 8.42 Å². The van der Waals surface area contributed by atoms with Crippen molar-refractivity contribution in [2.24, 2.45) is 5.92 Å². The van der Waals surface area contributed by atoms with Crippen LogP contribution < -0.4 is 5.32 Å². The standard InChI is InChI=1S/C8H12ClNO3S/c9-6-3-14(12,13)4-7(6)10-8(11)5-1-2-5/h5-7H,1-4H2,(H,10,11)/t6-,7-/m0/s1. The highest BCUT2D eigenvalue weighted by molar-refractivity contribution is 7.91. The van der Waals surface area contributed by atoms with E-state index in [1.165, 1.54) is 0 Å². The lowest BCUT2D eigenvalue weighted by Gasteiger charge is -2.13. The van der Waals surface area contributed by atoms with Gasteiger partial charge in [0, 0.05) is 5.92 Å². The van der Waals surface area contributed by atoms with Crippen LogP contribution in [0.1, 0.15) is 12.8 Å². The zero-order valence-electron chi connectivity index (χ0n) is 7.57. The summed E-state index contributed by atoms with van der Waals surface area (Å²) in [7, 11) is -3.04. The van der Waals surface area contributed by atoms with Crippen LogP contribution in [0.4, 0.5) is 0 Å². The van der Waals surface area contributed by atoms with E-state index in [9.17, 15) is 13.2 Å². The molecule has 2 aliphatic rings. The number of carbonyl (C=O) groups is 1. The van der Waals surface area contributed by atoms with Crippen molar-refractivity contribution < 1.29 is 13.2 Å². The number of carbonyl (C=O) groups excluding carboxylic acids is 1. The Balaban J connectivity index is 1.95. The van der Waals surface area contributed by atoms with Crippen molar-refractivity contribution in [2.75, 3.05) is 11.5 Å². The molecule has 1 aliphatic carbocycles. The predicted molar refractivity (Wildman–Crippen MR) is 52.9 cm³/mol. The van der Waals surface area contributed by atoms with Crippen molar-refractivity contribution in [3.63, 3.8) is 0 Å². The van der Waals surface area contributed by atoms with E-state index in [1.54, 1.807) is 0 Å². The van der Waals surface area contributed by atoms with Crippen molar-refractivity contribution >= 4 is 27.3 Å².